The molecule has 2 aromatic carbocycles. The molecule has 0 aromatic heterocycles. The van der Waals surface area contributed by atoms with Crippen molar-refractivity contribution in [1.29, 1.82) is 0 Å². The zero-order valence-corrected chi connectivity index (χ0v) is 11.5. The third kappa shape index (κ3) is 3.39. The number of methoxy groups -OCH3 is 2. The summed E-state index contributed by atoms with van der Waals surface area (Å²) >= 11 is 0. The van der Waals surface area contributed by atoms with Crippen LogP contribution in [0.4, 0.5) is 18.9 Å². The molecular weight excluding hydrogens is 283 g/mol. The molecule has 0 fully saturated rings. The summed E-state index contributed by atoms with van der Waals surface area (Å²) in [4.78, 5) is 0. The molecule has 0 unspecified atom stereocenters. The highest BCUT2D eigenvalue weighted by Crippen LogP contribution is 2.36. The Morgan fingerprint density at radius 2 is 1.33 bits per heavy atom. The summed E-state index contributed by atoms with van der Waals surface area (Å²) in [6, 6.07) is 8.31. The Morgan fingerprint density at radius 1 is 0.810 bits per heavy atom. The number of rotatable bonds is 3. The van der Waals surface area contributed by atoms with Crippen LogP contribution in [0.3, 0.4) is 0 Å². The number of hydrogen-bond acceptors (Lipinski definition) is 3. The molecule has 6 heteroatoms. The summed E-state index contributed by atoms with van der Waals surface area (Å²) in [5.74, 6) is 0.973. The lowest BCUT2D eigenvalue weighted by Crippen LogP contribution is -2.06. The first kappa shape index (κ1) is 15.0. The Bertz CT molecular complexity index is 632. The lowest BCUT2D eigenvalue weighted by molar-refractivity contribution is -0.137. The fourth-order valence-electron chi connectivity index (χ4n) is 1.96. The number of benzene rings is 2. The Balaban J connectivity index is 2.58. The third-order valence-electron chi connectivity index (χ3n) is 2.97. The fraction of sp³-hybridized carbons (Fsp3) is 0.200. The SMILES string of the molecule is COc1cc(OC)cc(-c2cc(N)cc(C(F)(F)F)c2)c1. The second-order valence-electron chi connectivity index (χ2n) is 4.44. The number of nitrogen functional groups attached to an aromatic ring is 1. The summed E-state index contributed by atoms with van der Waals surface area (Å²) in [5, 5.41) is 0. The Kier molecular flexibility index (Phi) is 3.97. The van der Waals surface area contributed by atoms with Gasteiger partial charge in [0, 0.05) is 11.8 Å². The molecule has 0 bridgehead atoms. The van der Waals surface area contributed by atoms with Crippen LogP contribution in [0.5, 0.6) is 11.5 Å². The normalized spacial score (nSPS) is 11.3. The van der Waals surface area contributed by atoms with Crippen LogP contribution in [0, 0.1) is 0 Å². The molecule has 0 amide bonds. The first-order valence-electron chi connectivity index (χ1n) is 6.04. The minimum absolute atomic E-state index is 0.0432. The molecule has 0 aliphatic heterocycles. The van der Waals surface area contributed by atoms with E-state index in [2.05, 4.69) is 0 Å². The van der Waals surface area contributed by atoms with Gasteiger partial charge < -0.3 is 15.2 Å². The molecular formula is C15H14F3NO2. The number of hydrogen-bond donors (Lipinski definition) is 1. The van der Waals surface area contributed by atoms with Crippen LogP contribution < -0.4 is 15.2 Å². The van der Waals surface area contributed by atoms with Gasteiger partial charge in [0.1, 0.15) is 11.5 Å². The highest BCUT2D eigenvalue weighted by molar-refractivity contribution is 5.71. The fourth-order valence-corrected chi connectivity index (χ4v) is 1.96. The van der Waals surface area contributed by atoms with Crippen LogP contribution in [-0.4, -0.2) is 14.2 Å². The van der Waals surface area contributed by atoms with Gasteiger partial charge in [0.05, 0.1) is 19.8 Å². The van der Waals surface area contributed by atoms with Crippen molar-refractivity contribution in [2.24, 2.45) is 0 Å². The molecule has 2 rings (SSSR count). The van der Waals surface area contributed by atoms with Gasteiger partial charge in [-0.3, -0.25) is 0 Å². The van der Waals surface area contributed by atoms with Crippen molar-refractivity contribution in [3.63, 3.8) is 0 Å². The van der Waals surface area contributed by atoms with Crippen molar-refractivity contribution in [3.8, 4) is 22.6 Å². The van der Waals surface area contributed by atoms with E-state index >= 15 is 0 Å². The average molecular weight is 297 g/mol. The zero-order chi connectivity index (χ0) is 15.6. The van der Waals surface area contributed by atoms with Crippen molar-refractivity contribution >= 4 is 5.69 Å². The smallest absolute Gasteiger partial charge is 0.416 e. The van der Waals surface area contributed by atoms with Gasteiger partial charge >= 0.3 is 6.18 Å². The summed E-state index contributed by atoms with van der Waals surface area (Å²) in [6.07, 6.45) is -4.45. The Morgan fingerprint density at radius 3 is 1.81 bits per heavy atom. The number of nitrogens with two attached hydrogens (primary N) is 1. The molecule has 0 saturated heterocycles. The van der Waals surface area contributed by atoms with Gasteiger partial charge in [-0.15, -0.1) is 0 Å². The minimum atomic E-state index is -4.45. The summed E-state index contributed by atoms with van der Waals surface area (Å²) < 4.78 is 48.8. The maximum absolute atomic E-state index is 12.8. The van der Waals surface area contributed by atoms with Crippen LogP contribution in [0.1, 0.15) is 5.56 Å². The minimum Gasteiger partial charge on any atom is -0.497 e. The molecule has 112 valence electrons. The van der Waals surface area contributed by atoms with Crippen molar-refractivity contribution < 1.29 is 22.6 Å². The van der Waals surface area contributed by atoms with Crippen molar-refractivity contribution in [2.75, 3.05) is 20.0 Å². The van der Waals surface area contributed by atoms with Crippen LogP contribution in [0.25, 0.3) is 11.1 Å². The van der Waals surface area contributed by atoms with E-state index in [-0.39, 0.29) is 5.69 Å². The van der Waals surface area contributed by atoms with E-state index in [9.17, 15) is 13.2 Å². The van der Waals surface area contributed by atoms with E-state index in [0.29, 0.717) is 22.6 Å². The van der Waals surface area contributed by atoms with E-state index < -0.39 is 11.7 Å². The number of alkyl halides is 3. The molecule has 0 radical (unpaired) electrons. The van der Waals surface area contributed by atoms with E-state index in [0.717, 1.165) is 12.1 Å². The lowest BCUT2D eigenvalue weighted by atomic mass is 10.0. The molecule has 3 nitrogen and oxygen atoms in total. The van der Waals surface area contributed by atoms with Gasteiger partial charge in [-0.1, -0.05) is 0 Å². The second kappa shape index (κ2) is 5.55. The van der Waals surface area contributed by atoms with Gasteiger partial charge in [-0.2, -0.15) is 13.2 Å². The highest BCUT2D eigenvalue weighted by Gasteiger charge is 2.31. The molecule has 0 aliphatic carbocycles. The second-order valence-corrected chi connectivity index (χ2v) is 4.44. The van der Waals surface area contributed by atoms with Crippen LogP contribution in [0.15, 0.2) is 36.4 Å². The van der Waals surface area contributed by atoms with Crippen molar-refractivity contribution in [1.82, 2.24) is 0 Å². The molecule has 2 aromatic rings. The van der Waals surface area contributed by atoms with Gasteiger partial charge in [0.25, 0.3) is 0 Å². The molecule has 21 heavy (non-hydrogen) atoms. The maximum atomic E-state index is 12.8. The molecule has 0 heterocycles. The van der Waals surface area contributed by atoms with Gasteiger partial charge in [-0.25, -0.2) is 0 Å². The van der Waals surface area contributed by atoms with Crippen LogP contribution in [0.2, 0.25) is 0 Å². The topological polar surface area (TPSA) is 44.5 Å². The van der Waals surface area contributed by atoms with Crippen LogP contribution in [-0.2, 0) is 6.18 Å². The van der Waals surface area contributed by atoms with E-state index in [1.165, 1.54) is 20.3 Å². The zero-order valence-electron chi connectivity index (χ0n) is 11.5. The lowest BCUT2D eigenvalue weighted by Gasteiger charge is -2.12. The molecule has 0 aliphatic rings. The van der Waals surface area contributed by atoms with Crippen molar-refractivity contribution in [2.45, 2.75) is 6.18 Å². The largest absolute Gasteiger partial charge is 0.497 e. The first-order chi connectivity index (χ1) is 9.83. The average Bonchev–Trinajstić information content (AvgIpc) is 2.45. The summed E-state index contributed by atoms with van der Waals surface area (Å²) in [5.41, 5.74) is 5.70. The van der Waals surface area contributed by atoms with Gasteiger partial charge in [0.15, 0.2) is 0 Å². The van der Waals surface area contributed by atoms with Crippen LogP contribution >= 0.6 is 0 Å². The highest BCUT2D eigenvalue weighted by atomic mass is 19.4. The predicted molar refractivity (Wildman–Crippen MR) is 74.4 cm³/mol. The Hall–Kier alpha value is -2.37. The maximum Gasteiger partial charge on any atom is 0.416 e. The molecule has 2 N–H and O–H groups in total. The van der Waals surface area contributed by atoms with E-state index in [1.54, 1.807) is 18.2 Å². The van der Waals surface area contributed by atoms with E-state index in [4.69, 9.17) is 15.2 Å². The summed E-state index contributed by atoms with van der Waals surface area (Å²) in [7, 11) is 2.94. The Labute approximate surface area is 120 Å². The molecule has 0 saturated carbocycles. The van der Waals surface area contributed by atoms with E-state index in [1.807, 2.05) is 0 Å². The van der Waals surface area contributed by atoms with Gasteiger partial charge in [0.2, 0.25) is 0 Å². The van der Waals surface area contributed by atoms with Crippen molar-refractivity contribution in [3.05, 3.63) is 42.0 Å². The first-order valence-corrected chi connectivity index (χ1v) is 6.04. The van der Waals surface area contributed by atoms with Gasteiger partial charge in [-0.05, 0) is 41.5 Å². The quantitative estimate of drug-likeness (QED) is 0.872. The predicted octanol–water partition coefficient (Wildman–Crippen LogP) is 3.97. The number of halogens is 3. The molecule has 0 spiro atoms. The monoisotopic (exact) mass is 297 g/mol. The number of ether oxygens (including phenoxy) is 2. The third-order valence-corrected chi connectivity index (χ3v) is 2.97. The standard InChI is InChI=1S/C15H14F3NO2/c1-20-13-5-10(6-14(8-13)21-2)9-3-11(15(16,17)18)7-12(19)4-9/h3-8H,19H2,1-2H3. The summed E-state index contributed by atoms with van der Waals surface area (Å²) in [6.45, 7) is 0. The molecule has 0 atom stereocenters. The number of anilines is 1.